The van der Waals surface area contributed by atoms with Crippen LogP contribution in [0.25, 0.3) is 0 Å². The van der Waals surface area contributed by atoms with Crippen LogP contribution in [0, 0.1) is 0 Å². The Morgan fingerprint density at radius 3 is 2.70 bits per heavy atom. The van der Waals surface area contributed by atoms with Crippen LogP contribution in [-0.4, -0.2) is 71.7 Å². The van der Waals surface area contributed by atoms with E-state index < -0.39 is 0 Å². The summed E-state index contributed by atoms with van der Waals surface area (Å²) in [5.74, 6) is 1.98. The Morgan fingerprint density at radius 2 is 2.04 bits per heavy atom. The highest BCUT2D eigenvalue weighted by atomic mass is 16.5. The summed E-state index contributed by atoms with van der Waals surface area (Å²) in [5.41, 5.74) is 0.415. The van der Waals surface area contributed by atoms with Crippen LogP contribution in [0.3, 0.4) is 0 Å². The number of ether oxygens (including phenoxy) is 2. The summed E-state index contributed by atoms with van der Waals surface area (Å²) in [6.45, 7) is 2.15. The van der Waals surface area contributed by atoms with Crippen molar-refractivity contribution in [2.24, 2.45) is 0 Å². The number of likely N-dealkylation sites (tertiary alicyclic amines) is 2. The van der Waals surface area contributed by atoms with Gasteiger partial charge in [-0.05, 0) is 32.5 Å². The molecular weight excluding hydrogens is 350 g/mol. The highest BCUT2D eigenvalue weighted by Crippen LogP contribution is 2.32. The first-order valence-corrected chi connectivity index (χ1v) is 9.02. The molecule has 2 aliphatic heterocycles. The monoisotopic (exact) mass is 373 g/mol. The molecule has 0 saturated carbocycles. The van der Waals surface area contributed by atoms with Gasteiger partial charge in [0.15, 0.2) is 5.82 Å². The van der Waals surface area contributed by atoms with Gasteiger partial charge in [-0.15, -0.1) is 0 Å². The Balaban J connectivity index is 1.41. The quantitative estimate of drug-likeness (QED) is 0.778. The van der Waals surface area contributed by atoms with Crippen LogP contribution >= 0.6 is 0 Å². The fourth-order valence-electron chi connectivity index (χ4n) is 3.60. The number of rotatable bonds is 5. The van der Waals surface area contributed by atoms with Crippen LogP contribution in [-0.2, 0) is 0 Å². The van der Waals surface area contributed by atoms with Crippen molar-refractivity contribution in [2.75, 3.05) is 40.9 Å². The van der Waals surface area contributed by atoms with Crippen LogP contribution < -0.4 is 9.47 Å². The molecule has 2 aromatic heterocycles. The molecule has 0 spiro atoms. The van der Waals surface area contributed by atoms with Crippen LogP contribution in [0.5, 0.6) is 11.8 Å². The van der Waals surface area contributed by atoms with Crippen molar-refractivity contribution in [1.82, 2.24) is 24.9 Å². The first kappa shape index (κ1) is 17.7. The van der Waals surface area contributed by atoms with Crippen molar-refractivity contribution in [3.05, 3.63) is 29.4 Å². The number of aromatic nitrogens is 3. The Kier molecular flexibility index (Phi) is 4.69. The van der Waals surface area contributed by atoms with E-state index in [1.165, 1.54) is 14.2 Å². The van der Waals surface area contributed by atoms with E-state index in [0.29, 0.717) is 36.2 Å². The van der Waals surface area contributed by atoms with Gasteiger partial charge in [0.05, 0.1) is 26.2 Å². The van der Waals surface area contributed by atoms with Crippen LogP contribution in [0.2, 0.25) is 0 Å². The Hall–Kier alpha value is -2.68. The first-order valence-electron chi connectivity index (χ1n) is 9.02. The Morgan fingerprint density at radius 1 is 1.22 bits per heavy atom. The van der Waals surface area contributed by atoms with Gasteiger partial charge >= 0.3 is 0 Å². The molecule has 0 bridgehead atoms. The molecule has 144 valence electrons. The largest absolute Gasteiger partial charge is 0.481 e. The van der Waals surface area contributed by atoms with Gasteiger partial charge in [-0.3, -0.25) is 9.69 Å². The van der Waals surface area contributed by atoms with Crippen LogP contribution in [0.15, 0.2) is 16.7 Å². The SMILES string of the molecule is COc1ccc(C(=O)N2CC(c3noc(C4CCCN4C)n3)C2)c(OC)n1. The Labute approximate surface area is 157 Å². The number of hydrogen-bond donors (Lipinski definition) is 0. The highest BCUT2D eigenvalue weighted by Gasteiger charge is 2.37. The molecule has 4 rings (SSSR count). The molecule has 1 amide bonds. The van der Waals surface area contributed by atoms with E-state index in [9.17, 15) is 4.79 Å². The minimum Gasteiger partial charge on any atom is -0.481 e. The molecule has 9 heteroatoms. The second-order valence-electron chi connectivity index (χ2n) is 6.95. The van der Waals surface area contributed by atoms with E-state index in [1.54, 1.807) is 17.0 Å². The van der Waals surface area contributed by atoms with E-state index >= 15 is 0 Å². The van der Waals surface area contributed by atoms with Gasteiger partial charge in [-0.2, -0.15) is 9.97 Å². The zero-order chi connectivity index (χ0) is 19.0. The minimum absolute atomic E-state index is 0.0929. The predicted octanol–water partition coefficient (Wildman–Crippen LogP) is 1.49. The summed E-state index contributed by atoms with van der Waals surface area (Å²) >= 11 is 0. The van der Waals surface area contributed by atoms with Gasteiger partial charge in [-0.25, -0.2) is 0 Å². The molecule has 1 unspecified atom stereocenters. The van der Waals surface area contributed by atoms with Gasteiger partial charge in [0, 0.05) is 19.2 Å². The minimum atomic E-state index is -0.127. The normalized spacial score (nSPS) is 20.6. The summed E-state index contributed by atoms with van der Waals surface area (Å²) < 4.78 is 15.8. The fraction of sp³-hybridized carbons (Fsp3) is 0.556. The molecule has 2 saturated heterocycles. The van der Waals surface area contributed by atoms with Gasteiger partial charge in [0.2, 0.25) is 17.7 Å². The second-order valence-corrected chi connectivity index (χ2v) is 6.95. The molecule has 2 aromatic rings. The lowest BCUT2D eigenvalue weighted by Gasteiger charge is -2.37. The van der Waals surface area contributed by atoms with E-state index in [4.69, 9.17) is 14.0 Å². The van der Waals surface area contributed by atoms with Gasteiger partial charge in [-0.1, -0.05) is 5.16 Å². The average Bonchev–Trinajstić information content (AvgIpc) is 3.28. The third kappa shape index (κ3) is 3.23. The average molecular weight is 373 g/mol. The smallest absolute Gasteiger partial charge is 0.259 e. The van der Waals surface area contributed by atoms with Crippen molar-refractivity contribution in [3.63, 3.8) is 0 Å². The third-order valence-electron chi connectivity index (χ3n) is 5.26. The number of nitrogens with zero attached hydrogens (tertiary/aromatic N) is 5. The summed E-state index contributed by atoms with van der Waals surface area (Å²) in [6.07, 6.45) is 2.18. The Bertz CT molecular complexity index is 833. The molecule has 2 fully saturated rings. The third-order valence-corrected chi connectivity index (χ3v) is 5.26. The van der Waals surface area contributed by atoms with E-state index in [2.05, 4.69) is 27.1 Å². The summed E-state index contributed by atoms with van der Waals surface area (Å²) in [5, 5.41) is 4.14. The number of pyridine rings is 1. The molecule has 1 atom stereocenters. The van der Waals surface area contributed by atoms with Crippen molar-refractivity contribution >= 4 is 5.91 Å². The maximum Gasteiger partial charge on any atom is 0.259 e. The molecule has 9 nitrogen and oxygen atoms in total. The molecule has 2 aliphatic rings. The maximum atomic E-state index is 12.7. The standard InChI is InChI=1S/C18H23N5O4/c1-22-8-4-5-13(22)17-20-15(21-27-17)11-9-23(10-11)18(24)12-6-7-14(25-2)19-16(12)26-3/h6-7,11,13H,4-5,8-10H2,1-3H3. The van der Waals surface area contributed by atoms with Gasteiger partial charge in [0.1, 0.15) is 5.56 Å². The lowest BCUT2D eigenvalue weighted by Crippen LogP contribution is -2.49. The summed E-state index contributed by atoms with van der Waals surface area (Å²) in [4.78, 5) is 25.4. The van der Waals surface area contributed by atoms with E-state index in [1.807, 2.05) is 0 Å². The van der Waals surface area contributed by atoms with Crippen molar-refractivity contribution in [1.29, 1.82) is 0 Å². The maximum absolute atomic E-state index is 12.7. The number of carbonyl (C=O) groups is 1. The lowest BCUT2D eigenvalue weighted by atomic mass is 9.98. The highest BCUT2D eigenvalue weighted by molar-refractivity contribution is 5.97. The molecule has 0 aromatic carbocycles. The molecule has 0 N–H and O–H groups in total. The number of methoxy groups -OCH3 is 2. The van der Waals surface area contributed by atoms with Crippen molar-refractivity contribution in [3.8, 4) is 11.8 Å². The topological polar surface area (TPSA) is 93.8 Å². The lowest BCUT2D eigenvalue weighted by molar-refractivity contribution is 0.0588. The summed E-state index contributed by atoms with van der Waals surface area (Å²) in [6, 6.07) is 3.53. The number of hydrogen-bond acceptors (Lipinski definition) is 8. The van der Waals surface area contributed by atoms with Gasteiger partial charge < -0.3 is 18.9 Å². The first-order chi connectivity index (χ1) is 13.1. The zero-order valence-corrected chi connectivity index (χ0v) is 15.7. The van der Waals surface area contributed by atoms with E-state index in [-0.39, 0.29) is 23.7 Å². The van der Waals surface area contributed by atoms with Crippen molar-refractivity contribution in [2.45, 2.75) is 24.8 Å². The summed E-state index contributed by atoms with van der Waals surface area (Å²) in [7, 11) is 5.08. The second kappa shape index (κ2) is 7.15. The molecule has 4 heterocycles. The van der Waals surface area contributed by atoms with Gasteiger partial charge in [0.25, 0.3) is 5.91 Å². The molecule has 0 aliphatic carbocycles. The van der Waals surface area contributed by atoms with Crippen molar-refractivity contribution < 1.29 is 18.8 Å². The fourth-order valence-corrected chi connectivity index (χ4v) is 3.60. The zero-order valence-electron chi connectivity index (χ0n) is 15.7. The predicted molar refractivity (Wildman–Crippen MR) is 94.9 cm³/mol. The number of carbonyl (C=O) groups excluding carboxylic acids is 1. The molecule has 27 heavy (non-hydrogen) atoms. The molecule has 0 radical (unpaired) electrons. The molecular formula is C18H23N5O4. The number of amides is 1. The van der Waals surface area contributed by atoms with Crippen LogP contribution in [0.1, 0.15) is 46.9 Å². The van der Waals surface area contributed by atoms with Crippen LogP contribution in [0.4, 0.5) is 0 Å². The van der Waals surface area contributed by atoms with E-state index in [0.717, 1.165) is 19.4 Å².